The SMILES string of the molecule is O=C(O)C(=O)O.O=C(c1ccc(Br)o1)N1CCC(Cn2cnc3ccccc32)CC1. The van der Waals surface area contributed by atoms with Crippen LogP contribution in [0.1, 0.15) is 23.4 Å². The molecule has 1 amide bonds. The number of carboxylic acids is 2. The Bertz CT molecular complexity index is 1040. The first-order chi connectivity index (χ1) is 14.3. The van der Waals surface area contributed by atoms with Crippen molar-refractivity contribution in [3.8, 4) is 0 Å². The number of aromatic nitrogens is 2. The van der Waals surface area contributed by atoms with Gasteiger partial charge >= 0.3 is 11.9 Å². The first-order valence-corrected chi connectivity index (χ1v) is 10.0. The third kappa shape index (κ3) is 5.26. The second-order valence-corrected chi connectivity index (χ2v) is 7.62. The van der Waals surface area contributed by atoms with E-state index in [-0.39, 0.29) is 5.91 Å². The van der Waals surface area contributed by atoms with E-state index in [1.165, 1.54) is 5.52 Å². The minimum atomic E-state index is -1.82. The van der Waals surface area contributed by atoms with Crippen LogP contribution >= 0.6 is 15.9 Å². The molecular weight excluding hydrogens is 458 g/mol. The highest BCUT2D eigenvalue weighted by atomic mass is 79.9. The topological polar surface area (TPSA) is 126 Å². The fraction of sp³-hybridized carbons (Fsp3) is 0.300. The highest BCUT2D eigenvalue weighted by Crippen LogP contribution is 2.24. The molecule has 30 heavy (non-hydrogen) atoms. The molecule has 1 aromatic carbocycles. The number of carbonyl (C=O) groups is 3. The number of hydrogen-bond acceptors (Lipinski definition) is 5. The number of halogens is 1. The molecule has 0 bridgehead atoms. The monoisotopic (exact) mass is 477 g/mol. The molecule has 9 nitrogen and oxygen atoms in total. The lowest BCUT2D eigenvalue weighted by atomic mass is 9.96. The fourth-order valence-corrected chi connectivity index (χ4v) is 3.64. The Morgan fingerprint density at radius 3 is 2.33 bits per heavy atom. The van der Waals surface area contributed by atoms with Gasteiger partial charge in [0.25, 0.3) is 5.91 Å². The number of hydrogen-bond donors (Lipinski definition) is 2. The summed E-state index contributed by atoms with van der Waals surface area (Å²) in [4.78, 5) is 36.9. The maximum Gasteiger partial charge on any atom is 0.414 e. The zero-order valence-corrected chi connectivity index (χ0v) is 17.5. The number of para-hydroxylation sites is 2. The standard InChI is InChI=1S/C18H18BrN3O2.C2H2O4/c19-17-6-5-16(24-17)18(23)21-9-7-13(8-10-21)11-22-12-20-14-3-1-2-4-15(14)22;3-1(4)2(5)6/h1-6,12-13H,7-11H2;(H,3,4)(H,5,6). The predicted octanol–water partition coefficient (Wildman–Crippen LogP) is 3.10. The van der Waals surface area contributed by atoms with Crippen molar-refractivity contribution in [2.24, 2.45) is 5.92 Å². The summed E-state index contributed by atoms with van der Waals surface area (Å²) < 4.78 is 8.19. The van der Waals surface area contributed by atoms with Gasteiger partial charge in [-0.1, -0.05) is 12.1 Å². The molecule has 10 heteroatoms. The lowest BCUT2D eigenvalue weighted by molar-refractivity contribution is -0.159. The molecule has 3 heterocycles. The van der Waals surface area contributed by atoms with Crippen molar-refractivity contribution in [2.75, 3.05) is 13.1 Å². The number of furan rings is 1. The average Bonchev–Trinajstić information content (AvgIpc) is 3.35. The van der Waals surface area contributed by atoms with Crippen LogP contribution in [-0.2, 0) is 16.1 Å². The molecule has 0 unspecified atom stereocenters. The number of imidazole rings is 1. The highest BCUT2D eigenvalue weighted by Gasteiger charge is 2.25. The van der Waals surface area contributed by atoms with E-state index in [1.54, 1.807) is 12.1 Å². The molecule has 3 aromatic rings. The van der Waals surface area contributed by atoms with Gasteiger partial charge in [-0.05, 0) is 59.0 Å². The Labute approximate surface area is 180 Å². The van der Waals surface area contributed by atoms with E-state index in [2.05, 4.69) is 31.5 Å². The maximum absolute atomic E-state index is 12.4. The van der Waals surface area contributed by atoms with Crippen molar-refractivity contribution in [3.05, 3.63) is 53.2 Å². The van der Waals surface area contributed by atoms with Crippen LogP contribution in [0, 0.1) is 5.92 Å². The number of benzene rings is 1. The second-order valence-electron chi connectivity index (χ2n) is 6.84. The Balaban J connectivity index is 0.000000377. The zero-order valence-electron chi connectivity index (χ0n) is 15.9. The Morgan fingerprint density at radius 1 is 1.07 bits per heavy atom. The predicted molar refractivity (Wildman–Crippen MR) is 110 cm³/mol. The molecule has 1 fully saturated rings. The molecule has 0 spiro atoms. The van der Waals surface area contributed by atoms with Crippen molar-refractivity contribution >= 4 is 44.8 Å². The Morgan fingerprint density at radius 2 is 1.73 bits per heavy atom. The van der Waals surface area contributed by atoms with Crippen molar-refractivity contribution in [2.45, 2.75) is 19.4 Å². The molecule has 0 saturated carbocycles. The van der Waals surface area contributed by atoms with Crippen LogP contribution in [0.3, 0.4) is 0 Å². The first-order valence-electron chi connectivity index (χ1n) is 9.26. The number of carbonyl (C=O) groups excluding carboxylic acids is 1. The van der Waals surface area contributed by atoms with E-state index in [9.17, 15) is 4.79 Å². The summed E-state index contributed by atoms with van der Waals surface area (Å²) in [6.07, 6.45) is 3.92. The number of nitrogens with zero attached hydrogens (tertiary/aromatic N) is 3. The van der Waals surface area contributed by atoms with Gasteiger partial charge in [-0.25, -0.2) is 14.6 Å². The van der Waals surface area contributed by atoms with E-state index in [0.29, 0.717) is 16.3 Å². The van der Waals surface area contributed by atoms with Gasteiger partial charge in [0, 0.05) is 19.6 Å². The molecule has 1 aliphatic heterocycles. The van der Waals surface area contributed by atoms with Crippen LogP contribution in [0.15, 0.2) is 51.8 Å². The van der Waals surface area contributed by atoms with Gasteiger partial charge < -0.3 is 24.1 Å². The van der Waals surface area contributed by atoms with E-state index >= 15 is 0 Å². The summed E-state index contributed by atoms with van der Waals surface area (Å²) in [6.45, 7) is 2.50. The van der Waals surface area contributed by atoms with Crippen molar-refractivity contribution in [1.82, 2.24) is 14.5 Å². The molecule has 1 aliphatic rings. The zero-order chi connectivity index (χ0) is 21.7. The molecule has 4 rings (SSSR count). The number of carboxylic acid groups (broad SMARTS) is 2. The molecule has 1 saturated heterocycles. The number of likely N-dealkylation sites (tertiary alicyclic amines) is 1. The third-order valence-electron chi connectivity index (χ3n) is 4.85. The number of fused-ring (bicyclic) bond motifs is 1. The minimum Gasteiger partial charge on any atom is -0.473 e. The Kier molecular flexibility index (Phi) is 6.88. The second kappa shape index (κ2) is 9.57. The van der Waals surface area contributed by atoms with Crippen molar-refractivity contribution < 1.29 is 29.0 Å². The molecule has 2 N–H and O–H groups in total. The molecule has 158 valence electrons. The number of piperidine rings is 1. The largest absolute Gasteiger partial charge is 0.473 e. The normalized spacial score (nSPS) is 14.2. The third-order valence-corrected chi connectivity index (χ3v) is 5.28. The summed E-state index contributed by atoms with van der Waals surface area (Å²) >= 11 is 3.24. The fourth-order valence-electron chi connectivity index (χ4n) is 3.34. The average molecular weight is 478 g/mol. The highest BCUT2D eigenvalue weighted by molar-refractivity contribution is 9.10. The first kappa shape index (κ1) is 21.6. The minimum absolute atomic E-state index is 0.0211. The summed E-state index contributed by atoms with van der Waals surface area (Å²) in [5.74, 6) is -2.70. The quantitative estimate of drug-likeness (QED) is 0.554. The molecule has 0 aliphatic carbocycles. The number of aliphatic carboxylic acids is 2. The van der Waals surface area contributed by atoms with Gasteiger partial charge in [0.1, 0.15) is 0 Å². The lowest BCUT2D eigenvalue weighted by Crippen LogP contribution is -2.39. The summed E-state index contributed by atoms with van der Waals surface area (Å²) in [5, 5.41) is 14.8. The van der Waals surface area contributed by atoms with Gasteiger partial charge in [0.05, 0.1) is 17.4 Å². The maximum atomic E-state index is 12.4. The van der Waals surface area contributed by atoms with Gasteiger partial charge in [0.15, 0.2) is 10.4 Å². The van der Waals surface area contributed by atoms with Crippen LogP contribution in [0.4, 0.5) is 0 Å². The van der Waals surface area contributed by atoms with Crippen LogP contribution in [0.5, 0.6) is 0 Å². The van der Waals surface area contributed by atoms with Crippen LogP contribution < -0.4 is 0 Å². The number of rotatable bonds is 3. The van der Waals surface area contributed by atoms with Crippen LogP contribution in [0.2, 0.25) is 0 Å². The number of amides is 1. The van der Waals surface area contributed by atoms with E-state index < -0.39 is 11.9 Å². The smallest absolute Gasteiger partial charge is 0.414 e. The van der Waals surface area contributed by atoms with Crippen molar-refractivity contribution in [3.63, 3.8) is 0 Å². The summed E-state index contributed by atoms with van der Waals surface area (Å²) in [6, 6.07) is 11.7. The van der Waals surface area contributed by atoms with Gasteiger partial charge in [-0.3, -0.25) is 4.79 Å². The summed E-state index contributed by atoms with van der Waals surface area (Å²) in [7, 11) is 0. The van der Waals surface area contributed by atoms with E-state index in [0.717, 1.165) is 38.0 Å². The van der Waals surface area contributed by atoms with Crippen molar-refractivity contribution in [1.29, 1.82) is 0 Å². The van der Waals surface area contributed by atoms with Gasteiger partial charge in [-0.2, -0.15) is 0 Å². The molecule has 0 radical (unpaired) electrons. The van der Waals surface area contributed by atoms with E-state index in [4.69, 9.17) is 24.2 Å². The van der Waals surface area contributed by atoms with E-state index in [1.807, 2.05) is 29.4 Å². The van der Waals surface area contributed by atoms with Crippen LogP contribution in [-0.4, -0.2) is 55.6 Å². The van der Waals surface area contributed by atoms with Gasteiger partial charge in [-0.15, -0.1) is 0 Å². The van der Waals surface area contributed by atoms with Crippen LogP contribution in [0.25, 0.3) is 11.0 Å². The Hall–Kier alpha value is -3.14. The molecule has 2 aromatic heterocycles. The lowest BCUT2D eigenvalue weighted by Gasteiger charge is -2.31. The molecular formula is C20H20BrN3O6. The molecule has 0 atom stereocenters. The summed E-state index contributed by atoms with van der Waals surface area (Å²) in [5.41, 5.74) is 2.21. The van der Waals surface area contributed by atoms with Gasteiger partial charge in [0.2, 0.25) is 0 Å².